The minimum absolute atomic E-state index is 0.0120. The summed E-state index contributed by atoms with van der Waals surface area (Å²) in [5, 5.41) is 14.6. The molecule has 1 saturated heterocycles. The van der Waals surface area contributed by atoms with Gasteiger partial charge in [-0.1, -0.05) is 48.6 Å². The number of hydrogen-bond donors (Lipinski definition) is 3. The highest BCUT2D eigenvalue weighted by atomic mass is 16.5. The first-order valence-corrected chi connectivity index (χ1v) is 12.0. The van der Waals surface area contributed by atoms with Crippen molar-refractivity contribution in [3.63, 3.8) is 0 Å². The van der Waals surface area contributed by atoms with Crippen LogP contribution in [0.4, 0.5) is 16.2 Å². The lowest BCUT2D eigenvalue weighted by Gasteiger charge is -2.22. The van der Waals surface area contributed by atoms with Gasteiger partial charge in [0, 0.05) is 12.2 Å². The maximum atomic E-state index is 13.1. The number of nitrogens with one attached hydrogen (secondary N) is 2. The number of para-hydroxylation sites is 1. The van der Waals surface area contributed by atoms with E-state index >= 15 is 0 Å². The number of benzene rings is 3. The Morgan fingerprint density at radius 3 is 2.49 bits per heavy atom. The number of carboxylic acid groups (broad SMARTS) is 1. The molecular formula is C29H29N3O5. The summed E-state index contributed by atoms with van der Waals surface area (Å²) in [5.41, 5.74) is 3.09. The lowest BCUT2D eigenvalue weighted by molar-refractivity contribution is -0.130. The number of carbonyl (C=O) groups excluding carboxylic acids is 2. The van der Waals surface area contributed by atoms with Crippen LogP contribution in [0.5, 0.6) is 5.75 Å². The highest BCUT2D eigenvalue weighted by Crippen LogP contribution is 2.27. The fraction of sp³-hybridized carbons (Fsp3) is 0.207. The molecule has 4 rings (SSSR count). The van der Waals surface area contributed by atoms with E-state index in [2.05, 4.69) is 10.6 Å². The fourth-order valence-electron chi connectivity index (χ4n) is 4.29. The van der Waals surface area contributed by atoms with Crippen molar-refractivity contribution in [1.29, 1.82) is 0 Å². The quantitative estimate of drug-likeness (QED) is 0.391. The Labute approximate surface area is 215 Å². The molecule has 0 bridgehead atoms. The van der Waals surface area contributed by atoms with Crippen LogP contribution in [-0.2, 0) is 11.2 Å². The molecule has 1 aliphatic rings. The Morgan fingerprint density at radius 2 is 1.78 bits per heavy atom. The average Bonchev–Trinajstić information content (AvgIpc) is 3.38. The van der Waals surface area contributed by atoms with Gasteiger partial charge in [0.25, 0.3) is 0 Å². The number of ether oxygens (including phenoxy) is 1. The molecule has 1 aliphatic heterocycles. The van der Waals surface area contributed by atoms with E-state index in [-0.39, 0.29) is 23.9 Å². The first-order valence-electron chi connectivity index (χ1n) is 12.0. The van der Waals surface area contributed by atoms with Gasteiger partial charge in [-0.15, -0.1) is 0 Å². The van der Waals surface area contributed by atoms with Crippen molar-refractivity contribution in [2.24, 2.45) is 0 Å². The lowest BCUT2D eigenvalue weighted by atomic mass is 10.1. The van der Waals surface area contributed by atoms with E-state index < -0.39 is 12.0 Å². The molecule has 3 amide bonds. The molecule has 0 radical (unpaired) electrons. The molecule has 0 aliphatic carbocycles. The molecule has 3 N–H and O–H groups in total. The molecule has 1 fully saturated rings. The highest BCUT2D eigenvalue weighted by Gasteiger charge is 2.27. The molecule has 37 heavy (non-hydrogen) atoms. The molecule has 0 saturated carbocycles. The van der Waals surface area contributed by atoms with Gasteiger partial charge in [0.05, 0.1) is 30.8 Å². The van der Waals surface area contributed by atoms with Gasteiger partial charge in [0.1, 0.15) is 5.75 Å². The van der Waals surface area contributed by atoms with Gasteiger partial charge in [-0.2, -0.15) is 0 Å². The average molecular weight is 500 g/mol. The highest BCUT2D eigenvalue weighted by molar-refractivity contribution is 6.00. The normalized spacial score (nSPS) is 14.9. The van der Waals surface area contributed by atoms with Gasteiger partial charge in [-0.05, 0) is 60.4 Å². The number of carboxylic acids is 1. The Kier molecular flexibility index (Phi) is 8.20. The van der Waals surface area contributed by atoms with Gasteiger partial charge >= 0.3 is 12.0 Å². The van der Waals surface area contributed by atoms with E-state index in [4.69, 9.17) is 9.84 Å². The van der Waals surface area contributed by atoms with Crippen molar-refractivity contribution in [3.05, 3.63) is 95.6 Å². The summed E-state index contributed by atoms with van der Waals surface area (Å²) >= 11 is 0. The van der Waals surface area contributed by atoms with E-state index in [1.165, 1.54) is 7.11 Å². The van der Waals surface area contributed by atoms with Crippen LogP contribution in [0, 0.1) is 0 Å². The van der Waals surface area contributed by atoms with Gasteiger partial charge in [0.2, 0.25) is 5.91 Å². The Morgan fingerprint density at radius 1 is 1.03 bits per heavy atom. The van der Waals surface area contributed by atoms with Crippen molar-refractivity contribution in [2.75, 3.05) is 24.3 Å². The van der Waals surface area contributed by atoms with Crippen LogP contribution >= 0.6 is 0 Å². The van der Waals surface area contributed by atoms with Gasteiger partial charge in [-0.3, -0.25) is 4.79 Å². The zero-order chi connectivity index (χ0) is 26.2. The largest absolute Gasteiger partial charge is 0.495 e. The minimum atomic E-state index is -0.959. The Bertz CT molecular complexity index is 1290. The number of hydrogen-bond acceptors (Lipinski definition) is 4. The summed E-state index contributed by atoms with van der Waals surface area (Å²) < 4.78 is 5.46. The second-order valence-electron chi connectivity index (χ2n) is 8.74. The van der Waals surface area contributed by atoms with Crippen LogP contribution in [0.2, 0.25) is 0 Å². The SMILES string of the molecule is COc1cc(CC(=O)N2CCCC2C=Cc2ccc(C(=O)O)cc2)ccc1NC(=O)Nc1ccccc1. The van der Waals surface area contributed by atoms with E-state index in [0.717, 1.165) is 24.0 Å². The minimum Gasteiger partial charge on any atom is -0.495 e. The number of methoxy groups -OCH3 is 1. The topological polar surface area (TPSA) is 108 Å². The number of amides is 3. The first-order chi connectivity index (χ1) is 17.9. The van der Waals surface area contributed by atoms with E-state index in [1.807, 2.05) is 41.3 Å². The predicted molar refractivity (Wildman–Crippen MR) is 143 cm³/mol. The van der Waals surface area contributed by atoms with Crippen molar-refractivity contribution in [2.45, 2.75) is 25.3 Å². The Balaban J connectivity index is 1.37. The molecule has 1 unspecified atom stereocenters. The van der Waals surface area contributed by atoms with E-state index in [9.17, 15) is 14.4 Å². The monoisotopic (exact) mass is 499 g/mol. The second kappa shape index (κ2) is 11.9. The van der Waals surface area contributed by atoms with Crippen LogP contribution in [0.25, 0.3) is 6.08 Å². The van der Waals surface area contributed by atoms with Gasteiger partial charge < -0.3 is 25.4 Å². The maximum Gasteiger partial charge on any atom is 0.335 e. The third-order valence-corrected chi connectivity index (χ3v) is 6.19. The summed E-state index contributed by atoms with van der Waals surface area (Å²) in [7, 11) is 1.52. The summed E-state index contributed by atoms with van der Waals surface area (Å²) in [6.45, 7) is 0.683. The number of nitrogens with zero attached hydrogens (tertiary/aromatic N) is 1. The van der Waals surface area contributed by atoms with Gasteiger partial charge in [-0.25, -0.2) is 9.59 Å². The smallest absolute Gasteiger partial charge is 0.335 e. The molecule has 8 heteroatoms. The van der Waals surface area contributed by atoms with E-state index in [1.54, 1.807) is 48.5 Å². The van der Waals surface area contributed by atoms with Crippen LogP contribution in [0.1, 0.15) is 34.3 Å². The first kappa shape index (κ1) is 25.5. The number of carbonyl (C=O) groups is 3. The van der Waals surface area contributed by atoms with Crippen LogP contribution in [-0.4, -0.2) is 47.6 Å². The third-order valence-electron chi connectivity index (χ3n) is 6.19. The van der Waals surface area contributed by atoms with Crippen molar-refractivity contribution >= 4 is 35.4 Å². The number of anilines is 2. The fourth-order valence-corrected chi connectivity index (χ4v) is 4.29. The zero-order valence-corrected chi connectivity index (χ0v) is 20.5. The summed E-state index contributed by atoms with van der Waals surface area (Å²) in [6, 6.07) is 20.7. The molecule has 1 atom stereocenters. The zero-order valence-electron chi connectivity index (χ0n) is 20.5. The Hall–Kier alpha value is -4.59. The molecule has 1 heterocycles. The number of likely N-dealkylation sites (tertiary alicyclic amines) is 1. The standard InChI is InChI=1S/C29H29N3O5/c1-37-26-18-21(12-16-25(26)31-29(36)30-23-6-3-2-4-7-23)19-27(33)32-17-5-8-24(32)15-11-20-9-13-22(14-10-20)28(34)35/h2-4,6-7,9-16,18,24H,5,8,17,19H2,1H3,(H,34,35)(H2,30,31,36). The van der Waals surface area contributed by atoms with E-state index in [0.29, 0.717) is 23.7 Å². The van der Waals surface area contributed by atoms with Crippen LogP contribution in [0.15, 0.2) is 78.9 Å². The third kappa shape index (κ3) is 6.76. The second-order valence-corrected chi connectivity index (χ2v) is 8.74. The molecule has 0 spiro atoms. The lowest BCUT2D eigenvalue weighted by Crippen LogP contribution is -2.35. The summed E-state index contributed by atoms with van der Waals surface area (Å²) in [5.74, 6) is -0.479. The van der Waals surface area contributed by atoms with Crippen LogP contribution < -0.4 is 15.4 Å². The summed E-state index contributed by atoms with van der Waals surface area (Å²) in [6.07, 6.45) is 5.93. The molecule has 8 nitrogen and oxygen atoms in total. The molecule has 190 valence electrons. The van der Waals surface area contributed by atoms with Crippen molar-refractivity contribution < 1.29 is 24.2 Å². The number of rotatable bonds is 8. The van der Waals surface area contributed by atoms with Gasteiger partial charge in [0.15, 0.2) is 0 Å². The summed E-state index contributed by atoms with van der Waals surface area (Å²) in [4.78, 5) is 38.4. The predicted octanol–water partition coefficient (Wildman–Crippen LogP) is 5.28. The van der Waals surface area contributed by atoms with Crippen molar-refractivity contribution in [1.82, 2.24) is 4.90 Å². The molecule has 3 aromatic carbocycles. The number of urea groups is 1. The maximum absolute atomic E-state index is 13.1. The molecular weight excluding hydrogens is 470 g/mol. The van der Waals surface area contributed by atoms with Crippen LogP contribution in [0.3, 0.4) is 0 Å². The van der Waals surface area contributed by atoms with Crippen molar-refractivity contribution in [3.8, 4) is 5.75 Å². The molecule has 0 aromatic heterocycles. The number of aromatic carboxylic acids is 1. The molecule has 3 aromatic rings.